The van der Waals surface area contributed by atoms with Gasteiger partial charge in [-0.15, -0.1) is 0 Å². The van der Waals surface area contributed by atoms with Crippen molar-refractivity contribution in [1.29, 1.82) is 0 Å². The first-order valence-corrected chi connectivity index (χ1v) is 7.70. The Bertz CT molecular complexity index is 523. The maximum absolute atomic E-state index is 12.4. The fraction of sp³-hybridized carbons (Fsp3) is 0.500. The molecule has 1 aliphatic heterocycles. The zero-order valence-electron chi connectivity index (χ0n) is 12.4. The number of halogens is 1. The van der Waals surface area contributed by atoms with Crippen LogP contribution in [-0.4, -0.2) is 35.8 Å². The van der Waals surface area contributed by atoms with Gasteiger partial charge in [-0.25, -0.2) is 0 Å². The van der Waals surface area contributed by atoms with Crippen LogP contribution < -0.4 is 5.32 Å². The van der Waals surface area contributed by atoms with Crippen LogP contribution in [-0.2, 0) is 4.79 Å². The molecule has 114 valence electrons. The molecule has 1 aromatic carbocycles. The largest absolute Gasteiger partial charge is 0.354 e. The number of nitrogens with zero attached hydrogens (tertiary/aromatic N) is 1. The summed E-state index contributed by atoms with van der Waals surface area (Å²) < 4.78 is 0. The van der Waals surface area contributed by atoms with E-state index >= 15 is 0 Å². The second-order valence-electron chi connectivity index (χ2n) is 5.74. The van der Waals surface area contributed by atoms with Crippen LogP contribution in [0.3, 0.4) is 0 Å². The number of benzene rings is 1. The Kier molecular flexibility index (Phi) is 5.23. The van der Waals surface area contributed by atoms with Crippen LogP contribution in [0.5, 0.6) is 0 Å². The molecule has 1 heterocycles. The molecule has 1 saturated heterocycles. The van der Waals surface area contributed by atoms with Gasteiger partial charge < -0.3 is 10.2 Å². The Balaban J connectivity index is 1.92. The quantitative estimate of drug-likeness (QED) is 0.933. The van der Waals surface area contributed by atoms with E-state index in [-0.39, 0.29) is 23.8 Å². The van der Waals surface area contributed by atoms with Crippen LogP contribution in [0.2, 0.25) is 5.02 Å². The van der Waals surface area contributed by atoms with E-state index < -0.39 is 0 Å². The number of piperidine rings is 1. The predicted molar refractivity (Wildman–Crippen MR) is 83.4 cm³/mol. The summed E-state index contributed by atoms with van der Waals surface area (Å²) in [6, 6.07) is 7.13. The minimum Gasteiger partial charge on any atom is -0.354 e. The van der Waals surface area contributed by atoms with Gasteiger partial charge in [-0.2, -0.15) is 0 Å². The molecule has 2 rings (SSSR count). The fourth-order valence-corrected chi connectivity index (χ4v) is 2.74. The van der Waals surface area contributed by atoms with Crippen molar-refractivity contribution in [2.75, 3.05) is 13.1 Å². The average molecular weight is 309 g/mol. The molecule has 0 saturated carbocycles. The first kappa shape index (κ1) is 15.8. The number of nitrogens with one attached hydrogen (secondary N) is 1. The highest BCUT2D eigenvalue weighted by Crippen LogP contribution is 2.20. The minimum atomic E-state index is -0.0137. The lowest BCUT2D eigenvalue weighted by molar-refractivity contribution is -0.126. The lowest BCUT2D eigenvalue weighted by Gasteiger charge is -2.31. The summed E-state index contributed by atoms with van der Waals surface area (Å²) in [6.07, 6.45) is 1.43. The van der Waals surface area contributed by atoms with Gasteiger partial charge in [0.15, 0.2) is 0 Å². The molecule has 0 radical (unpaired) electrons. The van der Waals surface area contributed by atoms with E-state index in [9.17, 15) is 9.59 Å². The van der Waals surface area contributed by atoms with Gasteiger partial charge in [-0.1, -0.05) is 17.7 Å². The molecule has 2 amide bonds. The van der Waals surface area contributed by atoms with Gasteiger partial charge in [0.2, 0.25) is 5.91 Å². The van der Waals surface area contributed by atoms with E-state index in [0.29, 0.717) is 36.5 Å². The second-order valence-corrected chi connectivity index (χ2v) is 6.18. The Hall–Kier alpha value is -1.55. The standard InChI is InChI=1S/C16H21ClN2O2/c1-11(2)18-15(20)12-6-8-19(9-7-12)16(21)13-4-3-5-14(17)10-13/h3-5,10-12H,6-9H2,1-2H3,(H,18,20). The number of amides is 2. The predicted octanol–water partition coefficient (Wildman–Crippen LogP) is 2.72. The van der Waals surface area contributed by atoms with Crippen molar-refractivity contribution in [3.8, 4) is 0 Å². The second kappa shape index (κ2) is 6.94. The molecule has 5 heteroatoms. The van der Waals surface area contributed by atoms with Gasteiger partial charge >= 0.3 is 0 Å². The van der Waals surface area contributed by atoms with Crippen molar-refractivity contribution in [2.45, 2.75) is 32.7 Å². The van der Waals surface area contributed by atoms with E-state index in [1.165, 1.54) is 0 Å². The van der Waals surface area contributed by atoms with Gasteiger partial charge in [0, 0.05) is 35.6 Å². The Morgan fingerprint density at radius 2 is 1.95 bits per heavy atom. The lowest BCUT2D eigenvalue weighted by atomic mass is 9.95. The van der Waals surface area contributed by atoms with Crippen LogP contribution in [0, 0.1) is 5.92 Å². The zero-order chi connectivity index (χ0) is 15.4. The van der Waals surface area contributed by atoms with Crippen molar-refractivity contribution in [3.63, 3.8) is 0 Å². The van der Waals surface area contributed by atoms with Crippen LogP contribution in [0.25, 0.3) is 0 Å². The lowest BCUT2D eigenvalue weighted by Crippen LogP contribution is -2.44. The first-order valence-electron chi connectivity index (χ1n) is 7.32. The maximum Gasteiger partial charge on any atom is 0.253 e. The molecule has 0 bridgehead atoms. The normalized spacial score (nSPS) is 16.1. The summed E-state index contributed by atoms with van der Waals surface area (Å²) in [6.45, 7) is 5.13. The summed E-state index contributed by atoms with van der Waals surface area (Å²) in [4.78, 5) is 26.1. The molecule has 0 spiro atoms. The third-order valence-electron chi connectivity index (χ3n) is 3.66. The van der Waals surface area contributed by atoms with Gasteiger partial charge in [-0.05, 0) is 44.9 Å². The van der Waals surface area contributed by atoms with Gasteiger partial charge in [0.1, 0.15) is 0 Å². The first-order chi connectivity index (χ1) is 9.97. The third-order valence-corrected chi connectivity index (χ3v) is 3.89. The molecule has 0 atom stereocenters. The molecular weight excluding hydrogens is 288 g/mol. The van der Waals surface area contributed by atoms with Gasteiger partial charge in [-0.3, -0.25) is 9.59 Å². The van der Waals surface area contributed by atoms with Crippen LogP contribution >= 0.6 is 11.6 Å². The van der Waals surface area contributed by atoms with Crippen molar-refractivity contribution < 1.29 is 9.59 Å². The Morgan fingerprint density at radius 1 is 1.29 bits per heavy atom. The van der Waals surface area contributed by atoms with E-state index in [4.69, 9.17) is 11.6 Å². The summed E-state index contributed by atoms with van der Waals surface area (Å²) in [5.74, 6) is 0.0934. The third kappa shape index (κ3) is 4.21. The van der Waals surface area contributed by atoms with Crippen molar-refractivity contribution in [2.24, 2.45) is 5.92 Å². The van der Waals surface area contributed by atoms with E-state index in [1.807, 2.05) is 13.8 Å². The van der Waals surface area contributed by atoms with Gasteiger partial charge in [0.25, 0.3) is 5.91 Å². The number of likely N-dealkylation sites (tertiary alicyclic amines) is 1. The molecule has 21 heavy (non-hydrogen) atoms. The fourth-order valence-electron chi connectivity index (χ4n) is 2.55. The smallest absolute Gasteiger partial charge is 0.253 e. The Labute approximate surface area is 130 Å². The molecule has 4 nitrogen and oxygen atoms in total. The summed E-state index contributed by atoms with van der Waals surface area (Å²) in [5, 5.41) is 3.50. The van der Waals surface area contributed by atoms with Gasteiger partial charge in [0.05, 0.1) is 0 Å². The van der Waals surface area contributed by atoms with E-state index in [2.05, 4.69) is 5.32 Å². The highest BCUT2D eigenvalue weighted by atomic mass is 35.5. The highest BCUT2D eigenvalue weighted by molar-refractivity contribution is 6.30. The maximum atomic E-state index is 12.4. The van der Waals surface area contributed by atoms with Crippen molar-refractivity contribution >= 4 is 23.4 Å². The molecule has 1 aliphatic rings. The topological polar surface area (TPSA) is 49.4 Å². The molecule has 0 unspecified atom stereocenters. The molecule has 1 aromatic rings. The van der Waals surface area contributed by atoms with Crippen LogP contribution in [0.1, 0.15) is 37.0 Å². The average Bonchev–Trinajstić information content (AvgIpc) is 2.46. The van der Waals surface area contributed by atoms with E-state index in [0.717, 1.165) is 0 Å². The molecular formula is C16H21ClN2O2. The number of hydrogen-bond donors (Lipinski definition) is 1. The number of rotatable bonds is 3. The molecule has 0 aliphatic carbocycles. The zero-order valence-corrected chi connectivity index (χ0v) is 13.2. The summed E-state index contributed by atoms with van der Waals surface area (Å²) in [7, 11) is 0. The van der Waals surface area contributed by atoms with Crippen LogP contribution in [0.15, 0.2) is 24.3 Å². The SMILES string of the molecule is CC(C)NC(=O)C1CCN(C(=O)c2cccc(Cl)c2)CC1. The molecule has 0 aromatic heterocycles. The summed E-state index contributed by atoms with van der Waals surface area (Å²) in [5.41, 5.74) is 0.604. The van der Waals surface area contributed by atoms with E-state index in [1.54, 1.807) is 29.2 Å². The van der Waals surface area contributed by atoms with Crippen molar-refractivity contribution in [3.05, 3.63) is 34.9 Å². The summed E-state index contributed by atoms with van der Waals surface area (Å²) >= 11 is 5.92. The van der Waals surface area contributed by atoms with Crippen LogP contribution in [0.4, 0.5) is 0 Å². The molecule has 1 fully saturated rings. The number of carbonyl (C=O) groups excluding carboxylic acids is 2. The highest BCUT2D eigenvalue weighted by Gasteiger charge is 2.27. The Morgan fingerprint density at radius 3 is 2.52 bits per heavy atom. The monoisotopic (exact) mass is 308 g/mol. The van der Waals surface area contributed by atoms with Crippen molar-refractivity contribution in [1.82, 2.24) is 10.2 Å². The number of hydrogen-bond acceptors (Lipinski definition) is 2. The number of carbonyl (C=O) groups is 2. The molecule has 1 N–H and O–H groups in total. The minimum absolute atomic E-state index is 0.0100.